The fraction of sp³-hybridized carbons (Fsp3) is 0.500. The van der Waals surface area contributed by atoms with Crippen molar-refractivity contribution < 1.29 is 14.2 Å². The Kier molecular flexibility index (Phi) is 8.51. The summed E-state index contributed by atoms with van der Waals surface area (Å²) >= 11 is 0. The van der Waals surface area contributed by atoms with E-state index in [4.69, 9.17) is 14.2 Å². The maximum absolute atomic E-state index is 5.72. The maximum Gasteiger partial charge on any atom is 0.161 e. The molecule has 4 nitrogen and oxygen atoms in total. The Hall–Kier alpha value is -1.52. The molecule has 0 unspecified atom stereocenters. The number of rotatable bonds is 10. The lowest BCUT2D eigenvalue weighted by molar-refractivity contribution is 0.193. The first-order chi connectivity index (χ1) is 9.81. The Labute approximate surface area is 121 Å². The van der Waals surface area contributed by atoms with Crippen LogP contribution in [0.2, 0.25) is 0 Å². The second kappa shape index (κ2) is 10.3. The van der Waals surface area contributed by atoms with Gasteiger partial charge in [0, 0.05) is 20.3 Å². The predicted octanol–water partition coefficient (Wildman–Crippen LogP) is 2.73. The third-order valence-electron chi connectivity index (χ3n) is 2.79. The van der Waals surface area contributed by atoms with Crippen molar-refractivity contribution in [3.63, 3.8) is 0 Å². The van der Waals surface area contributed by atoms with E-state index < -0.39 is 0 Å². The van der Waals surface area contributed by atoms with Gasteiger partial charge >= 0.3 is 0 Å². The molecule has 1 rings (SSSR count). The van der Waals surface area contributed by atoms with Crippen LogP contribution < -0.4 is 14.8 Å². The van der Waals surface area contributed by atoms with Gasteiger partial charge in [-0.05, 0) is 37.6 Å². The van der Waals surface area contributed by atoms with Crippen LogP contribution in [-0.2, 0) is 4.74 Å². The summed E-state index contributed by atoms with van der Waals surface area (Å²) < 4.78 is 16.1. The van der Waals surface area contributed by atoms with Crippen LogP contribution in [0.15, 0.2) is 24.3 Å². The Bertz CT molecular complexity index is 405. The van der Waals surface area contributed by atoms with Gasteiger partial charge in [0.2, 0.25) is 0 Å². The Morgan fingerprint density at radius 2 is 1.95 bits per heavy atom. The van der Waals surface area contributed by atoms with Gasteiger partial charge in [-0.3, -0.25) is 0 Å². The maximum atomic E-state index is 5.72. The standard InChI is InChI=1S/C16H25NO3/c1-4-6-14-7-8-15(16(13-14)19-3)20-12-10-17-9-5-11-18-2/h4,6-8,13,17H,5,9-12H2,1-3H3. The van der Waals surface area contributed by atoms with E-state index in [2.05, 4.69) is 5.32 Å². The molecule has 0 aliphatic heterocycles. The van der Waals surface area contributed by atoms with Gasteiger partial charge in [-0.1, -0.05) is 18.2 Å². The van der Waals surface area contributed by atoms with Gasteiger partial charge in [0.1, 0.15) is 6.61 Å². The van der Waals surface area contributed by atoms with Gasteiger partial charge in [0.25, 0.3) is 0 Å². The summed E-state index contributed by atoms with van der Waals surface area (Å²) in [4.78, 5) is 0. The molecule has 0 spiro atoms. The van der Waals surface area contributed by atoms with Crippen LogP contribution >= 0.6 is 0 Å². The van der Waals surface area contributed by atoms with Crippen molar-refractivity contribution >= 4 is 6.08 Å². The van der Waals surface area contributed by atoms with Crippen molar-refractivity contribution in [2.75, 3.05) is 40.5 Å². The number of benzene rings is 1. The van der Waals surface area contributed by atoms with E-state index in [9.17, 15) is 0 Å². The van der Waals surface area contributed by atoms with Crippen LogP contribution in [0.1, 0.15) is 18.9 Å². The van der Waals surface area contributed by atoms with Crippen LogP contribution in [0.3, 0.4) is 0 Å². The van der Waals surface area contributed by atoms with E-state index in [1.807, 2.05) is 37.3 Å². The van der Waals surface area contributed by atoms with Crippen molar-refractivity contribution in [3.8, 4) is 11.5 Å². The third kappa shape index (κ3) is 6.08. The number of hydrogen-bond donors (Lipinski definition) is 1. The summed E-state index contributed by atoms with van der Waals surface area (Å²) in [5, 5.41) is 3.30. The lowest BCUT2D eigenvalue weighted by atomic mass is 10.2. The molecule has 0 aliphatic rings. The molecule has 1 aromatic carbocycles. The molecular formula is C16H25NO3. The summed E-state index contributed by atoms with van der Waals surface area (Å²) in [6.07, 6.45) is 5.04. The van der Waals surface area contributed by atoms with Gasteiger partial charge in [-0.2, -0.15) is 0 Å². The van der Waals surface area contributed by atoms with E-state index >= 15 is 0 Å². The summed E-state index contributed by atoms with van der Waals surface area (Å²) in [6, 6.07) is 5.93. The fourth-order valence-electron chi connectivity index (χ4n) is 1.80. The number of allylic oxidation sites excluding steroid dienone is 1. The lowest BCUT2D eigenvalue weighted by Crippen LogP contribution is -2.23. The van der Waals surface area contributed by atoms with E-state index in [-0.39, 0.29) is 0 Å². The summed E-state index contributed by atoms with van der Waals surface area (Å²) in [6.45, 7) is 5.14. The van der Waals surface area contributed by atoms with Gasteiger partial charge < -0.3 is 19.5 Å². The number of ether oxygens (including phenoxy) is 3. The van der Waals surface area contributed by atoms with Crippen LogP contribution in [0, 0.1) is 0 Å². The summed E-state index contributed by atoms with van der Waals surface area (Å²) in [7, 11) is 3.37. The zero-order chi connectivity index (χ0) is 14.6. The van der Waals surface area contributed by atoms with Crippen molar-refractivity contribution in [2.45, 2.75) is 13.3 Å². The normalized spacial score (nSPS) is 10.9. The van der Waals surface area contributed by atoms with Crippen molar-refractivity contribution in [1.82, 2.24) is 5.32 Å². The minimum Gasteiger partial charge on any atom is -0.493 e. The molecule has 0 bridgehead atoms. The Morgan fingerprint density at radius 1 is 1.10 bits per heavy atom. The first-order valence-corrected chi connectivity index (χ1v) is 6.95. The molecule has 20 heavy (non-hydrogen) atoms. The number of hydrogen-bond acceptors (Lipinski definition) is 4. The molecule has 0 saturated heterocycles. The predicted molar refractivity (Wildman–Crippen MR) is 82.6 cm³/mol. The van der Waals surface area contributed by atoms with Crippen molar-refractivity contribution in [2.24, 2.45) is 0 Å². The smallest absolute Gasteiger partial charge is 0.161 e. The van der Waals surface area contributed by atoms with Gasteiger partial charge in [-0.25, -0.2) is 0 Å². The lowest BCUT2D eigenvalue weighted by Gasteiger charge is -2.11. The van der Waals surface area contributed by atoms with E-state index in [0.717, 1.165) is 43.2 Å². The van der Waals surface area contributed by atoms with Crippen LogP contribution in [0.25, 0.3) is 6.08 Å². The SMILES string of the molecule is CC=Cc1ccc(OCCNCCCOC)c(OC)c1. The molecule has 0 amide bonds. The first-order valence-electron chi connectivity index (χ1n) is 6.95. The van der Waals surface area contributed by atoms with E-state index in [1.165, 1.54) is 0 Å². The molecule has 4 heteroatoms. The Morgan fingerprint density at radius 3 is 2.65 bits per heavy atom. The van der Waals surface area contributed by atoms with Crippen molar-refractivity contribution in [3.05, 3.63) is 29.8 Å². The highest BCUT2D eigenvalue weighted by Crippen LogP contribution is 2.28. The molecule has 0 heterocycles. The molecule has 0 radical (unpaired) electrons. The average molecular weight is 279 g/mol. The quantitative estimate of drug-likeness (QED) is 0.669. The first kappa shape index (κ1) is 16.5. The zero-order valence-corrected chi connectivity index (χ0v) is 12.6. The molecule has 1 N–H and O–H groups in total. The van der Waals surface area contributed by atoms with Gasteiger partial charge in [0.05, 0.1) is 7.11 Å². The molecule has 0 fully saturated rings. The second-order valence-corrected chi connectivity index (χ2v) is 4.36. The second-order valence-electron chi connectivity index (χ2n) is 4.36. The van der Waals surface area contributed by atoms with Gasteiger partial charge in [-0.15, -0.1) is 0 Å². The topological polar surface area (TPSA) is 39.7 Å². The van der Waals surface area contributed by atoms with E-state index in [1.54, 1.807) is 14.2 Å². The molecule has 0 saturated carbocycles. The zero-order valence-electron chi connectivity index (χ0n) is 12.6. The van der Waals surface area contributed by atoms with E-state index in [0.29, 0.717) is 6.61 Å². The summed E-state index contributed by atoms with van der Waals surface area (Å²) in [5.41, 5.74) is 1.11. The molecular weight excluding hydrogens is 254 g/mol. The summed E-state index contributed by atoms with van der Waals surface area (Å²) in [5.74, 6) is 1.54. The fourth-order valence-corrected chi connectivity index (χ4v) is 1.80. The van der Waals surface area contributed by atoms with Gasteiger partial charge in [0.15, 0.2) is 11.5 Å². The van der Waals surface area contributed by atoms with Crippen LogP contribution in [-0.4, -0.2) is 40.5 Å². The molecule has 0 aliphatic carbocycles. The monoisotopic (exact) mass is 279 g/mol. The highest BCUT2D eigenvalue weighted by atomic mass is 16.5. The number of nitrogens with one attached hydrogen (secondary N) is 1. The highest BCUT2D eigenvalue weighted by Gasteiger charge is 2.04. The Balaban J connectivity index is 2.36. The third-order valence-corrected chi connectivity index (χ3v) is 2.79. The molecule has 112 valence electrons. The molecule has 0 aromatic heterocycles. The van der Waals surface area contributed by atoms with Crippen LogP contribution in [0.4, 0.5) is 0 Å². The minimum atomic E-state index is 0.617. The molecule has 1 aromatic rings. The van der Waals surface area contributed by atoms with Crippen molar-refractivity contribution in [1.29, 1.82) is 0 Å². The largest absolute Gasteiger partial charge is 0.493 e. The van der Waals surface area contributed by atoms with Crippen LogP contribution in [0.5, 0.6) is 11.5 Å². The molecule has 0 atom stereocenters. The number of methoxy groups -OCH3 is 2. The average Bonchev–Trinajstić information content (AvgIpc) is 2.47. The highest BCUT2D eigenvalue weighted by molar-refractivity contribution is 5.55. The minimum absolute atomic E-state index is 0.617.